The predicted octanol–water partition coefficient (Wildman–Crippen LogP) is 2.14. The minimum atomic E-state index is -2.08. The number of fused-ring (bicyclic) bond motifs is 3. The van der Waals surface area contributed by atoms with E-state index in [-0.39, 0.29) is 48.0 Å². The van der Waals surface area contributed by atoms with E-state index in [1.165, 1.54) is 18.2 Å². The Labute approximate surface area is 264 Å². The van der Waals surface area contributed by atoms with E-state index in [1.807, 2.05) is 0 Å². The molecule has 1 aliphatic heterocycles. The topological polar surface area (TPSA) is 217 Å². The highest BCUT2D eigenvalue weighted by Gasteiger charge is 2.49. The van der Waals surface area contributed by atoms with Gasteiger partial charge in [-0.1, -0.05) is 12.1 Å². The number of nitrogens with one attached hydrogen (secondary N) is 1. The van der Waals surface area contributed by atoms with Gasteiger partial charge in [-0.25, -0.2) is 9.19 Å². The van der Waals surface area contributed by atoms with Gasteiger partial charge in [-0.05, 0) is 26.8 Å². The Morgan fingerprint density at radius 1 is 1.11 bits per heavy atom. The van der Waals surface area contributed by atoms with Gasteiger partial charge in [0.1, 0.15) is 22.8 Å². The van der Waals surface area contributed by atoms with E-state index in [4.69, 9.17) is 28.3 Å². The van der Waals surface area contributed by atoms with Crippen LogP contribution in [0.5, 0.6) is 17.2 Å². The first-order valence-electron chi connectivity index (χ1n) is 14.5. The molecule has 0 bridgehead atoms. The van der Waals surface area contributed by atoms with Crippen LogP contribution in [0.4, 0.5) is 0 Å². The number of phenols is 2. The molecule has 0 amide bonds. The van der Waals surface area contributed by atoms with Crippen molar-refractivity contribution in [3.8, 4) is 17.2 Å². The smallest absolute Gasteiger partial charge is 0.346 e. The zero-order valence-electron chi connectivity index (χ0n) is 25.2. The van der Waals surface area contributed by atoms with Crippen LogP contribution in [0.25, 0.3) is 0 Å². The summed E-state index contributed by atoms with van der Waals surface area (Å²) in [5.41, 5.74) is -1.16. The minimum absolute atomic E-state index is 0.00487. The summed E-state index contributed by atoms with van der Waals surface area (Å²) >= 11 is 0. The molecule has 0 spiro atoms. The number of ether oxygens (including phenoxy) is 5. The van der Waals surface area contributed by atoms with Crippen molar-refractivity contribution in [3.63, 3.8) is 0 Å². The van der Waals surface area contributed by atoms with Gasteiger partial charge in [0.25, 0.3) is 0 Å². The molecule has 5 N–H and O–H groups in total. The number of carbonyl (C=O) groups is 3. The van der Waals surface area contributed by atoms with Crippen molar-refractivity contribution in [2.45, 2.75) is 76.3 Å². The number of hydroxylamine groups is 1. The van der Waals surface area contributed by atoms with Crippen LogP contribution in [0.15, 0.2) is 18.2 Å². The van der Waals surface area contributed by atoms with Crippen molar-refractivity contribution in [1.29, 1.82) is 0 Å². The second-order valence-corrected chi connectivity index (χ2v) is 11.6. The molecule has 5 rings (SSSR count). The summed E-state index contributed by atoms with van der Waals surface area (Å²) in [6, 6.07) is 3.48. The van der Waals surface area contributed by atoms with E-state index in [0.29, 0.717) is 6.61 Å². The van der Waals surface area contributed by atoms with Crippen LogP contribution < -0.4 is 10.2 Å². The molecule has 0 saturated carbocycles. The van der Waals surface area contributed by atoms with E-state index in [1.54, 1.807) is 13.8 Å². The molecule has 2 aromatic rings. The second kappa shape index (κ2) is 13.8. The van der Waals surface area contributed by atoms with Gasteiger partial charge in [-0.2, -0.15) is 5.48 Å². The van der Waals surface area contributed by atoms with Crippen molar-refractivity contribution < 1.29 is 67.7 Å². The molecule has 2 aromatic carbocycles. The first-order valence-corrected chi connectivity index (χ1v) is 15.2. The summed E-state index contributed by atoms with van der Waals surface area (Å²) in [5, 5.41) is 45.1. The van der Waals surface area contributed by atoms with Crippen molar-refractivity contribution in [2.24, 2.45) is 0 Å². The first-order chi connectivity index (χ1) is 21.9. The van der Waals surface area contributed by atoms with E-state index in [2.05, 4.69) is 5.48 Å². The highest BCUT2D eigenvalue weighted by Crippen LogP contribution is 2.52. The van der Waals surface area contributed by atoms with Gasteiger partial charge in [-0.15, -0.1) is 0 Å². The fourth-order valence-electron chi connectivity index (χ4n) is 6.06. The third-order valence-corrected chi connectivity index (χ3v) is 8.62. The van der Waals surface area contributed by atoms with E-state index in [9.17, 15) is 39.4 Å². The number of aromatic hydroxyl groups is 2. The van der Waals surface area contributed by atoms with Crippen molar-refractivity contribution in [2.75, 3.05) is 20.2 Å². The molecule has 4 unspecified atom stereocenters. The second-order valence-electron chi connectivity index (χ2n) is 11.2. The van der Waals surface area contributed by atoms with E-state index in [0.717, 1.165) is 6.92 Å². The molecule has 0 aromatic heterocycles. The van der Waals surface area contributed by atoms with Gasteiger partial charge in [0.2, 0.25) is 5.78 Å². The number of aliphatic hydroxyl groups is 2. The van der Waals surface area contributed by atoms with Crippen LogP contribution in [-0.2, 0) is 39.4 Å². The predicted molar refractivity (Wildman–Crippen MR) is 155 cm³/mol. The zero-order chi connectivity index (χ0) is 33.3. The minimum Gasteiger partial charge on any atom is -0.507 e. The molecular formula is C30H34NO14P. The number of Topliss-reactive ketones (excluding diaryl/α,β-unsaturated/α-hetero) is 1. The Balaban J connectivity index is 1.57. The summed E-state index contributed by atoms with van der Waals surface area (Å²) in [4.78, 5) is 40.5. The Morgan fingerprint density at radius 2 is 1.85 bits per heavy atom. The van der Waals surface area contributed by atoms with Gasteiger partial charge in [0.15, 0.2) is 31.4 Å². The van der Waals surface area contributed by atoms with Crippen molar-refractivity contribution >= 4 is 26.0 Å². The lowest BCUT2D eigenvalue weighted by Gasteiger charge is -2.42. The van der Waals surface area contributed by atoms with Gasteiger partial charge < -0.3 is 44.1 Å². The van der Waals surface area contributed by atoms with Crippen LogP contribution in [0, 0.1) is 0 Å². The monoisotopic (exact) mass is 663 g/mol. The van der Waals surface area contributed by atoms with Crippen LogP contribution >= 0.6 is 8.69 Å². The third kappa shape index (κ3) is 6.18. The quantitative estimate of drug-likeness (QED) is 0.0617. The number of ketones is 3. The largest absolute Gasteiger partial charge is 0.507 e. The Kier molecular flexibility index (Phi) is 10.2. The van der Waals surface area contributed by atoms with Crippen LogP contribution in [0.3, 0.4) is 0 Å². The summed E-state index contributed by atoms with van der Waals surface area (Å²) in [6.07, 6.45) is -5.36. The Bertz CT molecular complexity index is 1550. The molecule has 1 heterocycles. The zero-order valence-corrected chi connectivity index (χ0v) is 26.1. The lowest BCUT2D eigenvalue weighted by molar-refractivity contribution is -0.254. The number of phenolic OH excluding ortho intramolecular Hbond substituents is 2. The number of aliphatic hydroxyl groups excluding tert-OH is 1. The SMILES string of the molecule is CCOCOCOc1cccc2c1C(=O)c1c(O)c3c(c(O)c1C2=O)C[C@@](O)(C(C)=O)C[C@@H]3OC1CC(NOP=O)C(O)C(C)O1. The maximum atomic E-state index is 14.0. The average Bonchev–Trinajstić information content (AvgIpc) is 3.02. The molecule has 6 atom stereocenters. The molecular weight excluding hydrogens is 629 g/mol. The van der Waals surface area contributed by atoms with Gasteiger partial charge in [0.05, 0.1) is 41.0 Å². The van der Waals surface area contributed by atoms with Crippen LogP contribution in [0.2, 0.25) is 0 Å². The molecule has 46 heavy (non-hydrogen) atoms. The van der Waals surface area contributed by atoms with Gasteiger partial charge in [0, 0.05) is 42.6 Å². The average molecular weight is 664 g/mol. The summed E-state index contributed by atoms with van der Waals surface area (Å²) in [7, 11) is -0.688. The number of rotatable bonds is 12. The summed E-state index contributed by atoms with van der Waals surface area (Å²) in [6.45, 7) is 4.51. The molecule has 248 valence electrons. The summed E-state index contributed by atoms with van der Waals surface area (Å²) < 4.78 is 43.4. The molecule has 2 aliphatic carbocycles. The molecule has 3 aliphatic rings. The number of hydrogen-bond acceptors (Lipinski definition) is 15. The number of benzene rings is 2. The van der Waals surface area contributed by atoms with Gasteiger partial charge >= 0.3 is 8.69 Å². The molecule has 1 fully saturated rings. The third-order valence-electron chi connectivity index (χ3n) is 8.44. The van der Waals surface area contributed by atoms with E-state index >= 15 is 0 Å². The fraction of sp³-hybridized carbons (Fsp3) is 0.500. The first kappa shape index (κ1) is 34.0. The molecule has 15 nitrogen and oxygen atoms in total. The Morgan fingerprint density at radius 3 is 2.54 bits per heavy atom. The Hall–Kier alpha value is -3.37. The lowest BCUT2D eigenvalue weighted by Crippen LogP contribution is -2.54. The highest BCUT2D eigenvalue weighted by molar-refractivity contribution is 7.17. The normalized spacial score (nSPS) is 27.2. The van der Waals surface area contributed by atoms with Gasteiger partial charge in [-0.3, -0.25) is 14.4 Å². The number of carbonyl (C=O) groups excluding carboxylic acids is 3. The van der Waals surface area contributed by atoms with Crippen molar-refractivity contribution in [3.05, 3.63) is 51.6 Å². The molecule has 16 heteroatoms. The molecule has 0 radical (unpaired) electrons. The maximum Gasteiger partial charge on any atom is 0.346 e. The fourth-order valence-corrected chi connectivity index (χ4v) is 6.24. The van der Waals surface area contributed by atoms with Crippen LogP contribution in [0.1, 0.15) is 82.7 Å². The summed E-state index contributed by atoms with van der Waals surface area (Å²) in [5.74, 6) is -3.66. The maximum absolute atomic E-state index is 14.0. The standard InChI is InChI=1S/C30H34NO14P/c1-4-40-11-41-12-42-18-7-5-6-15-21(18)28(36)24-23(26(15)34)27(35)16-9-30(38,14(3)32)10-19(22(16)29(24)37)44-20-8-17(31-45-46-39)25(33)13(2)43-20/h5-7,13,17,19-20,25,31,33,35,37-38H,4,8-12H2,1-3H3/t13?,17?,19-,20?,25?,30-/m0/s1. The van der Waals surface area contributed by atoms with E-state index < -0.39 is 97.7 Å². The lowest BCUT2D eigenvalue weighted by atomic mass is 9.72. The highest BCUT2D eigenvalue weighted by atomic mass is 31.1. The van der Waals surface area contributed by atoms with Crippen molar-refractivity contribution in [1.82, 2.24) is 5.48 Å². The van der Waals surface area contributed by atoms with Crippen LogP contribution in [-0.4, -0.2) is 88.1 Å². The molecule has 1 saturated heterocycles. The number of hydrogen-bond donors (Lipinski definition) is 5.